The van der Waals surface area contributed by atoms with Gasteiger partial charge in [-0.25, -0.2) is 10.2 Å². The normalized spacial score (nSPS) is 10.6. The molecule has 124 valence electrons. The number of nitrogens with one attached hydrogen (secondary N) is 1. The number of ether oxygens (including phenoxy) is 1. The number of carbonyl (C=O) groups excluding carboxylic acids is 1. The molecule has 0 saturated heterocycles. The van der Waals surface area contributed by atoms with Gasteiger partial charge in [0.1, 0.15) is 5.75 Å². The van der Waals surface area contributed by atoms with E-state index >= 15 is 0 Å². The highest BCUT2D eigenvalue weighted by Crippen LogP contribution is 2.24. The minimum Gasteiger partial charge on any atom is -0.480 e. The maximum absolute atomic E-state index is 12.0. The number of hydrogen-bond donors (Lipinski definition) is 2. The first-order valence-corrected chi connectivity index (χ1v) is 7.86. The highest BCUT2D eigenvalue weighted by atomic mass is 79.9. The van der Waals surface area contributed by atoms with E-state index in [0.29, 0.717) is 15.6 Å². The SMILES string of the molecule is O=C(O)COc1ccc(/C=N\NC(=O)c2ccccc2Br)cc1Cl. The fourth-order valence-corrected chi connectivity index (χ4v) is 2.43. The van der Waals surface area contributed by atoms with E-state index in [1.54, 1.807) is 36.4 Å². The van der Waals surface area contributed by atoms with Crippen molar-refractivity contribution in [2.75, 3.05) is 6.61 Å². The van der Waals surface area contributed by atoms with Gasteiger partial charge >= 0.3 is 5.97 Å². The molecule has 0 spiro atoms. The second-order valence-electron chi connectivity index (χ2n) is 4.55. The number of carboxylic acid groups (broad SMARTS) is 1. The minimum absolute atomic E-state index is 0.248. The standard InChI is InChI=1S/C16H12BrClN2O4/c17-12-4-2-1-3-11(12)16(23)20-19-8-10-5-6-14(13(18)7-10)24-9-15(21)22/h1-8H,9H2,(H,20,23)(H,21,22)/b19-8-. The number of halogens is 2. The molecule has 0 fully saturated rings. The molecule has 2 aromatic rings. The van der Waals surface area contributed by atoms with Crippen molar-refractivity contribution in [2.24, 2.45) is 5.10 Å². The maximum Gasteiger partial charge on any atom is 0.341 e. The smallest absolute Gasteiger partial charge is 0.341 e. The Labute approximate surface area is 151 Å². The van der Waals surface area contributed by atoms with Crippen molar-refractivity contribution in [1.29, 1.82) is 0 Å². The molecule has 0 aliphatic rings. The highest BCUT2D eigenvalue weighted by molar-refractivity contribution is 9.10. The molecule has 2 aromatic carbocycles. The summed E-state index contributed by atoms with van der Waals surface area (Å²) in [6, 6.07) is 11.7. The van der Waals surface area contributed by atoms with Crippen molar-refractivity contribution in [3.63, 3.8) is 0 Å². The Bertz CT molecular complexity index is 795. The molecule has 0 aliphatic carbocycles. The van der Waals surface area contributed by atoms with Crippen LogP contribution in [0.25, 0.3) is 0 Å². The van der Waals surface area contributed by atoms with Crippen molar-refractivity contribution in [1.82, 2.24) is 5.43 Å². The van der Waals surface area contributed by atoms with Crippen molar-refractivity contribution in [3.05, 3.63) is 63.1 Å². The van der Waals surface area contributed by atoms with E-state index in [9.17, 15) is 9.59 Å². The van der Waals surface area contributed by atoms with Crippen LogP contribution in [0.15, 0.2) is 52.0 Å². The van der Waals surface area contributed by atoms with E-state index in [1.807, 2.05) is 0 Å². The molecule has 0 bridgehead atoms. The van der Waals surface area contributed by atoms with Crippen LogP contribution in [0.4, 0.5) is 0 Å². The topological polar surface area (TPSA) is 88.0 Å². The minimum atomic E-state index is -1.09. The number of hydrazone groups is 1. The van der Waals surface area contributed by atoms with Crippen LogP contribution in [0.1, 0.15) is 15.9 Å². The summed E-state index contributed by atoms with van der Waals surface area (Å²) in [4.78, 5) is 22.4. The number of aliphatic carboxylic acids is 1. The lowest BCUT2D eigenvalue weighted by Crippen LogP contribution is -2.18. The third kappa shape index (κ3) is 5.07. The molecule has 8 heteroatoms. The Morgan fingerprint density at radius 3 is 2.71 bits per heavy atom. The van der Waals surface area contributed by atoms with Crippen molar-refractivity contribution >= 4 is 45.6 Å². The zero-order chi connectivity index (χ0) is 17.5. The summed E-state index contributed by atoms with van der Waals surface area (Å²) in [5.74, 6) is -1.19. The first-order chi connectivity index (χ1) is 11.5. The van der Waals surface area contributed by atoms with Gasteiger partial charge in [-0.15, -0.1) is 0 Å². The predicted octanol–water partition coefficient (Wildman–Crippen LogP) is 3.33. The summed E-state index contributed by atoms with van der Waals surface area (Å²) >= 11 is 9.29. The Morgan fingerprint density at radius 2 is 2.04 bits per heavy atom. The van der Waals surface area contributed by atoms with Crippen LogP contribution in [0.2, 0.25) is 5.02 Å². The summed E-state index contributed by atoms with van der Waals surface area (Å²) in [5.41, 5.74) is 3.49. The van der Waals surface area contributed by atoms with Crippen molar-refractivity contribution < 1.29 is 19.4 Å². The fourth-order valence-electron chi connectivity index (χ4n) is 1.72. The molecule has 0 aliphatic heterocycles. The third-order valence-corrected chi connectivity index (χ3v) is 3.79. The lowest BCUT2D eigenvalue weighted by Gasteiger charge is -2.06. The first kappa shape index (κ1) is 18.0. The van der Waals surface area contributed by atoms with E-state index in [1.165, 1.54) is 12.3 Å². The number of hydrogen-bond acceptors (Lipinski definition) is 4. The number of amides is 1. The molecule has 1 amide bonds. The second-order valence-corrected chi connectivity index (χ2v) is 5.81. The van der Waals surface area contributed by atoms with Gasteiger partial charge in [-0.1, -0.05) is 23.7 Å². The number of carbonyl (C=O) groups is 2. The monoisotopic (exact) mass is 410 g/mol. The quantitative estimate of drug-likeness (QED) is 0.564. The number of benzene rings is 2. The Hall–Kier alpha value is -2.38. The van der Waals surface area contributed by atoms with Crippen LogP contribution in [-0.4, -0.2) is 29.8 Å². The highest BCUT2D eigenvalue weighted by Gasteiger charge is 2.08. The van der Waals surface area contributed by atoms with Crippen LogP contribution < -0.4 is 10.2 Å². The molecular weight excluding hydrogens is 400 g/mol. The molecule has 0 aromatic heterocycles. The molecular formula is C16H12BrClN2O4. The first-order valence-electron chi connectivity index (χ1n) is 6.69. The lowest BCUT2D eigenvalue weighted by atomic mass is 10.2. The van der Waals surface area contributed by atoms with E-state index in [0.717, 1.165) is 0 Å². The molecule has 0 unspecified atom stereocenters. The largest absolute Gasteiger partial charge is 0.480 e. The summed E-state index contributed by atoms with van der Waals surface area (Å²) < 4.78 is 5.68. The van der Waals surface area contributed by atoms with Crippen molar-refractivity contribution in [3.8, 4) is 5.75 Å². The van der Waals surface area contributed by atoms with E-state index < -0.39 is 12.6 Å². The van der Waals surface area contributed by atoms with E-state index in [-0.39, 0.29) is 16.7 Å². The van der Waals surface area contributed by atoms with Crippen LogP contribution in [0.3, 0.4) is 0 Å². The van der Waals surface area contributed by atoms with Gasteiger partial charge in [-0.3, -0.25) is 4.79 Å². The van der Waals surface area contributed by atoms with Gasteiger partial charge < -0.3 is 9.84 Å². The van der Waals surface area contributed by atoms with Gasteiger partial charge in [0.05, 0.1) is 16.8 Å². The van der Waals surface area contributed by atoms with Gasteiger partial charge in [-0.05, 0) is 51.8 Å². The molecule has 0 radical (unpaired) electrons. The summed E-state index contributed by atoms with van der Waals surface area (Å²) in [6.07, 6.45) is 1.42. The summed E-state index contributed by atoms with van der Waals surface area (Å²) in [6.45, 7) is -0.477. The predicted molar refractivity (Wildman–Crippen MR) is 93.8 cm³/mol. The summed E-state index contributed by atoms with van der Waals surface area (Å²) in [5, 5.41) is 12.7. The molecule has 24 heavy (non-hydrogen) atoms. The lowest BCUT2D eigenvalue weighted by molar-refractivity contribution is -0.139. The van der Waals surface area contributed by atoms with Crippen LogP contribution in [0, 0.1) is 0 Å². The molecule has 0 atom stereocenters. The average Bonchev–Trinajstić information content (AvgIpc) is 2.54. The molecule has 2 N–H and O–H groups in total. The van der Waals surface area contributed by atoms with Gasteiger partial charge in [0.25, 0.3) is 5.91 Å². The van der Waals surface area contributed by atoms with Gasteiger partial charge in [0.15, 0.2) is 6.61 Å². The van der Waals surface area contributed by atoms with E-state index in [4.69, 9.17) is 21.4 Å². The zero-order valence-electron chi connectivity index (χ0n) is 12.2. The Kier molecular flexibility index (Phi) is 6.34. The average molecular weight is 412 g/mol. The van der Waals surface area contributed by atoms with Gasteiger partial charge in [0, 0.05) is 4.47 Å². The van der Waals surface area contributed by atoms with Crippen LogP contribution in [0.5, 0.6) is 5.75 Å². The van der Waals surface area contributed by atoms with Gasteiger partial charge in [-0.2, -0.15) is 5.10 Å². The number of nitrogens with zero attached hydrogens (tertiary/aromatic N) is 1. The van der Waals surface area contributed by atoms with E-state index in [2.05, 4.69) is 26.5 Å². The molecule has 0 saturated carbocycles. The fraction of sp³-hybridized carbons (Fsp3) is 0.0625. The number of rotatable bonds is 6. The molecule has 6 nitrogen and oxygen atoms in total. The summed E-state index contributed by atoms with van der Waals surface area (Å²) in [7, 11) is 0. The Balaban J connectivity index is 1.99. The van der Waals surface area contributed by atoms with Crippen LogP contribution >= 0.6 is 27.5 Å². The van der Waals surface area contributed by atoms with Gasteiger partial charge in [0.2, 0.25) is 0 Å². The molecule has 2 rings (SSSR count). The Morgan fingerprint density at radius 1 is 1.29 bits per heavy atom. The zero-order valence-corrected chi connectivity index (χ0v) is 14.5. The second kappa shape index (κ2) is 8.47. The third-order valence-electron chi connectivity index (χ3n) is 2.81. The molecule has 0 heterocycles. The van der Waals surface area contributed by atoms with Crippen molar-refractivity contribution in [2.45, 2.75) is 0 Å². The number of carboxylic acids is 1. The van der Waals surface area contributed by atoms with Crippen LogP contribution in [-0.2, 0) is 4.79 Å². The maximum atomic E-state index is 12.0.